The van der Waals surface area contributed by atoms with Gasteiger partial charge in [0.25, 0.3) is 0 Å². The largest absolute Gasteiger partial charge is 0.416 e. The van der Waals surface area contributed by atoms with E-state index in [2.05, 4.69) is 21.2 Å². The maximum atomic E-state index is 12.6. The zero-order valence-corrected chi connectivity index (χ0v) is 10.8. The van der Waals surface area contributed by atoms with Gasteiger partial charge in [-0.3, -0.25) is 4.79 Å². The number of amides is 1. The van der Waals surface area contributed by atoms with E-state index in [4.69, 9.17) is 0 Å². The molecule has 0 spiro atoms. The smallest absolute Gasteiger partial charge is 0.325 e. The lowest BCUT2D eigenvalue weighted by atomic mass is 10.1. The topological polar surface area (TPSA) is 29.1 Å². The summed E-state index contributed by atoms with van der Waals surface area (Å²) in [5, 5.41) is 2.44. The zero-order valence-electron chi connectivity index (χ0n) is 9.23. The molecule has 0 radical (unpaired) electrons. The number of carbonyl (C=O) groups excluding carboxylic acids is 1. The van der Waals surface area contributed by atoms with E-state index in [0.717, 1.165) is 6.07 Å². The fraction of sp³-hybridized carbons (Fsp3) is 0.364. The molecule has 0 fully saturated rings. The summed E-state index contributed by atoms with van der Waals surface area (Å²) >= 11 is 3.05. The van der Waals surface area contributed by atoms with Gasteiger partial charge in [0.2, 0.25) is 5.91 Å². The van der Waals surface area contributed by atoms with Crippen molar-refractivity contribution in [3.8, 4) is 0 Å². The van der Waals surface area contributed by atoms with Crippen molar-refractivity contribution in [1.29, 1.82) is 0 Å². The highest BCUT2D eigenvalue weighted by atomic mass is 79.9. The van der Waals surface area contributed by atoms with Crippen LogP contribution in [-0.2, 0) is 11.0 Å². The molecule has 1 aromatic rings. The minimum absolute atomic E-state index is 0.0153. The van der Waals surface area contributed by atoms with E-state index < -0.39 is 16.6 Å². The number of rotatable bonds is 2. The van der Waals surface area contributed by atoms with Crippen LogP contribution in [0.15, 0.2) is 18.2 Å². The molecule has 0 heterocycles. The number of halogens is 4. The Labute approximate surface area is 105 Å². The molecule has 6 heteroatoms. The molecule has 1 N–H and O–H groups in total. The van der Waals surface area contributed by atoms with Crippen LogP contribution in [-0.4, -0.2) is 10.7 Å². The predicted octanol–water partition coefficient (Wildman–Crippen LogP) is 3.74. The van der Waals surface area contributed by atoms with Gasteiger partial charge < -0.3 is 5.32 Å². The van der Waals surface area contributed by atoms with Gasteiger partial charge in [-0.2, -0.15) is 13.2 Å². The number of anilines is 1. The molecule has 0 bridgehead atoms. The summed E-state index contributed by atoms with van der Waals surface area (Å²) in [6.07, 6.45) is -4.41. The van der Waals surface area contributed by atoms with Crippen molar-refractivity contribution in [2.45, 2.75) is 24.9 Å². The molecule has 0 saturated heterocycles. The van der Waals surface area contributed by atoms with Crippen LogP contribution in [0.3, 0.4) is 0 Å². The molecule has 94 valence electrons. The Morgan fingerprint density at radius 3 is 2.47 bits per heavy atom. The first-order chi connectivity index (χ1) is 7.73. The van der Waals surface area contributed by atoms with E-state index >= 15 is 0 Å². The van der Waals surface area contributed by atoms with E-state index in [9.17, 15) is 18.0 Å². The van der Waals surface area contributed by atoms with Gasteiger partial charge in [-0.15, -0.1) is 0 Å². The molecule has 1 atom stereocenters. The Kier molecular flexibility index (Phi) is 4.19. The average molecular weight is 310 g/mol. The Morgan fingerprint density at radius 2 is 2.00 bits per heavy atom. The first kappa shape index (κ1) is 14.0. The van der Waals surface area contributed by atoms with Gasteiger partial charge >= 0.3 is 6.18 Å². The summed E-state index contributed by atoms with van der Waals surface area (Å²) in [7, 11) is 0. The van der Waals surface area contributed by atoms with Crippen molar-refractivity contribution in [3.63, 3.8) is 0 Å². The Bertz CT molecular complexity index is 429. The van der Waals surface area contributed by atoms with E-state index in [1.54, 1.807) is 6.92 Å². The first-order valence-corrected chi connectivity index (χ1v) is 5.77. The molecule has 1 rings (SSSR count). The lowest BCUT2D eigenvalue weighted by molar-refractivity contribution is -0.138. The molecule has 2 nitrogen and oxygen atoms in total. The van der Waals surface area contributed by atoms with Crippen molar-refractivity contribution in [1.82, 2.24) is 0 Å². The molecule has 0 aliphatic heterocycles. The second-order valence-electron chi connectivity index (χ2n) is 3.58. The van der Waals surface area contributed by atoms with Crippen molar-refractivity contribution in [2.75, 3.05) is 5.32 Å². The lowest BCUT2D eigenvalue weighted by Crippen LogP contribution is -2.21. The van der Waals surface area contributed by atoms with Gasteiger partial charge in [-0.1, -0.05) is 22.0 Å². The van der Waals surface area contributed by atoms with Gasteiger partial charge in [0.1, 0.15) is 0 Å². The van der Waals surface area contributed by atoms with Crippen LogP contribution < -0.4 is 5.32 Å². The highest BCUT2D eigenvalue weighted by molar-refractivity contribution is 9.10. The van der Waals surface area contributed by atoms with Crippen LogP contribution in [0.4, 0.5) is 18.9 Å². The van der Waals surface area contributed by atoms with Crippen molar-refractivity contribution < 1.29 is 18.0 Å². The summed E-state index contributed by atoms with van der Waals surface area (Å²) < 4.78 is 37.8. The summed E-state index contributed by atoms with van der Waals surface area (Å²) in [5.41, 5.74) is -0.546. The third-order valence-corrected chi connectivity index (χ3v) is 2.67. The van der Waals surface area contributed by atoms with E-state index in [0.29, 0.717) is 0 Å². The van der Waals surface area contributed by atoms with E-state index in [-0.39, 0.29) is 17.2 Å². The predicted molar refractivity (Wildman–Crippen MR) is 63.2 cm³/mol. The minimum atomic E-state index is -4.41. The van der Waals surface area contributed by atoms with Crippen LogP contribution in [0.2, 0.25) is 0 Å². The number of carbonyl (C=O) groups is 1. The van der Waals surface area contributed by atoms with Gasteiger partial charge in [0.05, 0.1) is 10.4 Å². The molecule has 1 amide bonds. The van der Waals surface area contributed by atoms with Crippen molar-refractivity contribution in [3.05, 3.63) is 29.3 Å². The third-order valence-electron chi connectivity index (χ3n) is 2.26. The Hall–Kier alpha value is -1.04. The molecule has 0 aliphatic carbocycles. The monoisotopic (exact) mass is 309 g/mol. The van der Waals surface area contributed by atoms with Gasteiger partial charge in [-0.05, 0) is 31.5 Å². The van der Waals surface area contributed by atoms with Crippen LogP contribution in [0.1, 0.15) is 18.1 Å². The minimum Gasteiger partial charge on any atom is -0.325 e. The zero-order chi connectivity index (χ0) is 13.2. The molecule has 1 aromatic carbocycles. The molecule has 0 saturated carbocycles. The van der Waals surface area contributed by atoms with E-state index in [1.807, 2.05) is 0 Å². The quantitative estimate of drug-likeness (QED) is 0.829. The highest BCUT2D eigenvalue weighted by Gasteiger charge is 2.33. The van der Waals surface area contributed by atoms with Crippen LogP contribution in [0.5, 0.6) is 0 Å². The van der Waals surface area contributed by atoms with Gasteiger partial charge in [0, 0.05) is 5.69 Å². The SMILES string of the molecule is Cc1c(NC(=O)C(C)Br)cccc1C(F)(F)F. The second kappa shape index (κ2) is 5.08. The molecule has 17 heavy (non-hydrogen) atoms. The van der Waals surface area contributed by atoms with Crippen molar-refractivity contribution in [2.24, 2.45) is 0 Å². The average Bonchev–Trinajstić information content (AvgIpc) is 2.19. The van der Waals surface area contributed by atoms with Crippen LogP contribution in [0.25, 0.3) is 0 Å². The van der Waals surface area contributed by atoms with Crippen LogP contribution >= 0.6 is 15.9 Å². The summed E-state index contributed by atoms with van der Waals surface area (Å²) in [4.78, 5) is 10.9. The van der Waals surface area contributed by atoms with E-state index in [1.165, 1.54) is 19.1 Å². The molecule has 0 aromatic heterocycles. The summed E-state index contributed by atoms with van der Waals surface area (Å²) in [6, 6.07) is 3.70. The number of hydrogen-bond donors (Lipinski definition) is 1. The van der Waals surface area contributed by atoms with Crippen LogP contribution in [0, 0.1) is 6.92 Å². The highest BCUT2D eigenvalue weighted by Crippen LogP contribution is 2.34. The molecule has 1 unspecified atom stereocenters. The lowest BCUT2D eigenvalue weighted by Gasteiger charge is -2.15. The molecule has 0 aliphatic rings. The fourth-order valence-electron chi connectivity index (χ4n) is 1.31. The van der Waals surface area contributed by atoms with Gasteiger partial charge in [-0.25, -0.2) is 0 Å². The molecular weight excluding hydrogens is 299 g/mol. The second-order valence-corrected chi connectivity index (χ2v) is 4.95. The first-order valence-electron chi connectivity index (χ1n) is 4.85. The summed E-state index contributed by atoms with van der Waals surface area (Å²) in [5.74, 6) is -0.382. The maximum absolute atomic E-state index is 12.6. The Morgan fingerprint density at radius 1 is 1.41 bits per heavy atom. The van der Waals surface area contributed by atoms with Gasteiger partial charge in [0.15, 0.2) is 0 Å². The number of hydrogen-bond acceptors (Lipinski definition) is 1. The fourth-order valence-corrected chi connectivity index (χ4v) is 1.42. The van der Waals surface area contributed by atoms with Crippen molar-refractivity contribution >= 4 is 27.5 Å². The maximum Gasteiger partial charge on any atom is 0.416 e. The number of benzene rings is 1. The number of nitrogens with one attached hydrogen (secondary N) is 1. The number of alkyl halides is 4. The standard InChI is InChI=1S/C11H11BrF3NO/c1-6-8(11(13,14)15)4-3-5-9(6)16-10(17)7(2)12/h3-5,7H,1-2H3,(H,16,17). The third kappa shape index (κ3) is 3.46. The summed E-state index contributed by atoms with van der Waals surface area (Å²) in [6.45, 7) is 2.93. The Balaban J connectivity index is 3.07. The molecular formula is C11H11BrF3NO. The normalized spacial score (nSPS) is 13.3.